The lowest BCUT2D eigenvalue weighted by Crippen LogP contribution is -2.37. The van der Waals surface area contributed by atoms with Gasteiger partial charge in [0.15, 0.2) is 5.65 Å². The van der Waals surface area contributed by atoms with Crippen LogP contribution in [0.1, 0.15) is 0 Å². The van der Waals surface area contributed by atoms with Crippen LogP contribution in [0.15, 0.2) is 21.9 Å². The molecule has 0 aliphatic rings. The van der Waals surface area contributed by atoms with Gasteiger partial charge in [0.1, 0.15) is 5.39 Å². The molecule has 0 atom stereocenters. The number of nitrogens with zero attached hydrogens (tertiary/aromatic N) is 3. The fourth-order valence-corrected chi connectivity index (χ4v) is 1.69. The summed E-state index contributed by atoms with van der Waals surface area (Å²) in [5.74, 6) is 0. The summed E-state index contributed by atoms with van der Waals surface area (Å²) in [6, 6.07) is 1.70. The second kappa shape index (κ2) is 3.48. The van der Waals surface area contributed by atoms with Gasteiger partial charge in [-0.3, -0.25) is 13.9 Å². The van der Waals surface area contributed by atoms with Gasteiger partial charge in [-0.15, -0.1) is 0 Å². The number of hydrogen-bond acceptors (Lipinski definition) is 4. The molecule has 2 aromatic heterocycles. The molecule has 16 heavy (non-hydrogen) atoms. The molecule has 1 N–H and O–H groups in total. The van der Waals surface area contributed by atoms with Gasteiger partial charge in [-0.25, -0.2) is 9.78 Å². The Kier molecular flexibility index (Phi) is 2.26. The van der Waals surface area contributed by atoms with Crippen molar-refractivity contribution in [2.24, 2.45) is 14.1 Å². The van der Waals surface area contributed by atoms with Gasteiger partial charge in [-0.1, -0.05) is 0 Å². The summed E-state index contributed by atoms with van der Waals surface area (Å²) >= 11 is 0. The van der Waals surface area contributed by atoms with Crippen LogP contribution in [0.2, 0.25) is 0 Å². The van der Waals surface area contributed by atoms with Crippen LogP contribution in [0.3, 0.4) is 0 Å². The summed E-state index contributed by atoms with van der Waals surface area (Å²) in [7, 11) is 4.77. The van der Waals surface area contributed by atoms with E-state index in [1.165, 1.54) is 11.6 Å². The average Bonchev–Trinajstić information content (AvgIpc) is 2.32. The van der Waals surface area contributed by atoms with Crippen LogP contribution in [0.5, 0.6) is 0 Å². The van der Waals surface area contributed by atoms with E-state index < -0.39 is 0 Å². The Hall–Kier alpha value is -2.11. The van der Waals surface area contributed by atoms with Crippen LogP contribution in [0, 0.1) is 0 Å². The molecule has 0 aliphatic carbocycles. The van der Waals surface area contributed by atoms with Gasteiger partial charge >= 0.3 is 5.69 Å². The third-order valence-electron chi connectivity index (χ3n) is 2.61. The largest absolute Gasteiger partial charge is 0.387 e. The van der Waals surface area contributed by atoms with Crippen molar-refractivity contribution in [2.75, 3.05) is 12.4 Å². The van der Waals surface area contributed by atoms with E-state index >= 15 is 0 Å². The van der Waals surface area contributed by atoms with Gasteiger partial charge in [0.25, 0.3) is 5.56 Å². The summed E-state index contributed by atoms with van der Waals surface area (Å²) in [6.07, 6.45) is 1.56. The van der Waals surface area contributed by atoms with E-state index in [1.54, 1.807) is 26.4 Å². The van der Waals surface area contributed by atoms with Crippen molar-refractivity contribution < 1.29 is 0 Å². The van der Waals surface area contributed by atoms with Gasteiger partial charge in [-0.05, 0) is 6.07 Å². The molecular formula is C10H12N4O2. The summed E-state index contributed by atoms with van der Waals surface area (Å²) in [6.45, 7) is 0. The first-order valence-corrected chi connectivity index (χ1v) is 4.80. The molecule has 2 heterocycles. The molecule has 0 bridgehead atoms. The van der Waals surface area contributed by atoms with E-state index in [2.05, 4.69) is 10.3 Å². The van der Waals surface area contributed by atoms with E-state index in [1.807, 2.05) is 0 Å². The summed E-state index contributed by atoms with van der Waals surface area (Å²) in [5.41, 5.74) is 0.343. The smallest absolute Gasteiger partial charge is 0.332 e. The summed E-state index contributed by atoms with van der Waals surface area (Å²) in [4.78, 5) is 27.7. The van der Waals surface area contributed by atoms with Crippen molar-refractivity contribution in [2.45, 2.75) is 0 Å². The number of pyridine rings is 1. The molecule has 0 spiro atoms. The highest BCUT2D eigenvalue weighted by atomic mass is 16.2. The quantitative estimate of drug-likeness (QED) is 0.714. The molecule has 0 aliphatic heterocycles. The van der Waals surface area contributed by atoms with Gasteiger partial charge in [-0.2, -0.15) is 0 Å². The first-order valence-electron chi connectivity index (χ1n) is 4.80. The predicted molar refractivity (Wildman–Crippen MR) is 61.8 cm³/mol. The Bertz CT molecular complexity index is 669. The molecule has 0 radical (unpaired) electrons. The Morgan fingerprint density at radius 2 is 1.94 bits per heavy atom. The number of fused-ring (bicyclic) bond motifs is 1. The van der Waals surface area contributed by atoms with Crippen molar-refractivity contribution in [1.29, 1.82) is 0 Å². The lowest BCUT2D eigenvalue weighted by atomic mass is 10.3. The van der Waals surface area contributed by atoms with Crippen LogP contribution in [0.4, 0.5) is 5.69 Å². The second-order valence-corrected chi connectivity index (χ2v) is 3.51. The monoisotopic (exact) mass is 220 g/mol. The molecule has 0 aromatic carbocycles. The van der Waals surface area contributed by atoms with Crippen LogP contribution in [-0.4, -0.2) is 21.2 Å². The number of nitrogens with one attached hydrogen (secondary N) is 1. The minimum Gasteiger partial charge on any atom is -0.387 e. The topological polar surface area (TPSA) is 68.9 Å². The molecule has 2 aromatic rings. The van der Waals surface area contributed by atoms with E-state index in [4.69, 9.17) is 0 Å². The minimum absolute atomic E-state index is 0.337. The fourth-order valence-electron chi connectivity index (χ4n) is 1.69. The molecule has 2 rings (SSSR count). The molecule has 84 valence electrons. The molecule has 0 fully saturated rings. The summed E-state index contributed by atoms with van der Waals surface area (Å²) < 4.78 is 2.43. The van der Waals surface area contributed by atoms with E-state index in [0.29, 0.717) is 16.7 Å². The maximum Gasteiger partial charge on any atom is 0.332 e. The number of aryl methyl sites for hydroxylation is 1. The molecule has 6 nitrogen and oxygen atoms in total. The van der Waals surface area contributed by atoms with Crippen LogP contribution >= 0.6 is 0 Å². The molecule has 0 saturated carbocycles. The zero-order valence-corrected chi connectivity index (χ0v) is 9.31. The van der Waals surface area contributed by atoms with Gasteiger partial charge in [0, 0.05) is 27.3 Å². The van der Waals surface area contributed by atoms with Crippen molar-refractivity contribution in [3.8, 4) is 0 Å². The minimum atomic E-state index is -0.377. The average molecular weight is 220 g/mol. The highest BCUT2D eigenvalue weighted by Gasteiger charge is 2.11. The van der Waals surface area contributed by atoms with Gasteiger partial charge in [0.2, 0.25) is 0 Å². The maximum atomic E-state index is 12.0. The molecule has 0 amide bonds. The first-order chi connectivity index (χ1) is 7.57. The molecule has 0 saturated heterocycles. The zero-order chi connectivity index (χ0) is 11.9. The Morgan fingerprint density at radius 3 is 2.56 bits per heavy atom. The van der Waals surface area contributed by atoms with E-state index in [-0.39, 0.29) is 11.2 Å². The highest BCUT2D eigenvalue weighted by Crippen LogP contribution is 2.14. The first kappa shape index (κ1) is 10.4. The van der Waals surface area contributed by atoms with Crippen molar-refractivity contribution in [1.82, 2.24) is 14.1 Å². The van der Waals surface area contributed by atoms with Crippen molar-refractivity contribution in [3.63, 3.8) is 0 Å². The highest BCUT2D eigenvalue weighted by molar-refractivity contribution is 5.87. The van der Waals surface area contributed by atoms with Crippen LogP contribution in [-0.2, 0) is 14.1 Å². The van der Waals surface area contributed by atoms with E-state index in [0.717, 1.165) is 4.57 Å². The standard InChI is InChI=1S/C10H12N4O2/c1-11-6-4-5-12-8-7(6)9(15)14(3)10(16)13(8)2/h4-5H,1-3H3,(H,11,12). The van der Waals surface area contributed by atoms with E-state index in [9.17, 15) is 9.59 Å². The predicted octanol–water partition coefficient (Wildman–Crippen LogP) is -0.326. The molecule has 0 unspecified atom stereocenters. The SMILES string of the molecule is CNc1ccnc2c1c(=O)n(C)c(=O)n2C. The fraction of sp³-hybridized carbons (Fsp3) is 0.300. The number of hydrogen-bond donors (Lipinski definition) is 1. The molecule has 6 heteroatoms. The summed E-state index contributed by atoms with van der Waals surface area (Å²) in [5, 5.41) is 3.34. The van der Waals surface area contributed by atoms with Crippen molar-refractivity contribution >= 4 is 16.7 Å². The maximum absolute atomic E-state index is 12.0. The van der Waals surface area contributed by atoms with Crippen molar-refractivity contribution in [3.05, 3.63) is 33.1 Å². The third kappa shape index (κ3) is 1.23. The van der Waals surface area contributed by atoms with Gasteiger partial charge in [0.05, 0.1) is 5.69 Å². The normalized spacial score (nSPS) is 10.7. The van der Waals surface area contributed by atoms with Crippen LogP contribution in [0.25, 0.3) is 11.0 Å². The lowest BCUT2D eigenvalue weighted by Gasteiger charge is -2.09. The Balaban J connectivity index is 3.15. The zero-order valence-electron chi connectivity index (χ0n) is 9.31. The number of anilines is 1. The number of aromatic nitrogens is 3. The lowest BCUT2D eigenvalue weighted by molar-refractivity contribution is 0.708. The van der Waals surface area contributed by atoms with Gasteiger partial charge < -0.3 is 5.32 Å². The second-order valence-electron chi connectivity index (χ2n) is 3.51. The van der Waals surface area contributed by atoms with Crippen LogP contribution < -0.4 is 16.6 Å². The molecular weight excluding hydrogens is 208 g/mol. The number of rotatable bonds is 1. The third-order valence-corrected chi connectivity index (χ3v) is 2.61. The Labute approximate surface area is 91.2 Å². The Morgan fingerprint density at radius 1 is 1.25 bits per heavy atom.